The van der Waals surface area contributed by atoms with Crippen LogP contribution >= 0.6 is 0 Å². The van der Waals surface area contributed by atoms with Crippen LogP contribution in [-0.4, -0.2) is 10.1 Å². The summed E-state index contributed by atoms with van der Waals surface area (Å²) in [6.07, 6.45) is 1.08. The zero-order chi connectivity index (χ0) is 9.42. The molecule has 3 heteroatoms. The molecule has 2 rings (SSSR count). The minimum absolute atomic E-state index is 0.512. The van der Waals surface area contributed by atoms with Gasteiger partial charge < -0.3 is 9.84 Å². The number of fused-ring (bicyclic) bond motifs is 1. The highest BCUT2D eigenvalue weighted by atomic mass is 16.5. The molecule has 0 amide bonds. The zero-order valence-electron chi connectivity index (χ0n) is 7.61. The Morgan fingerprint density at radius 2 is 2.23 bits per heavy atom. The number of aliphatic hydroxyl groups excluding tert-OH is 1. The number of aromatic nitrogens is 1. The number of aliphatic hydroxyl groups is 1. The van der Waals surface area contributed by atoms with Crippen LogP contribution in [0.5, 0.6) is 5.88 Å². The van der Waals surface area contributed by atoms with Crippen molar-refractivity contribution in [2.75, 3.05) is 0 Å². The molecule has 1 aliphatic heterocycles. The molecule has 1 aromatic rings. The van der Waals surface area contributed by atoms with E-state index in [-0.39, 0.29) is 0 Å². The van der Waals surface area contributed by atoms with Gasteiger partial charge in [-0.3, -0.25) is 0 Å². The minimum atomic E-state index is -0.572. The summed E-state index contributed by atoms with van der Waals surface area (Å²) >= 11 is 0. The second kappa shape index (κ2) is 2.85. The molecule has 0 spiro atoms. The van der Waals surface area contributed by atoms with E-state index in [0.717, 1.165) is 16.9 Å². The molecule has 1 atom stereocenters. The van der Waals surface area contributed by atoms with E-state index in [4.69, 9.17) is 4.74 Å². The first-order valence-electron chi connectivity index (χ1n) is 4.18. The molecule has 1 unspecified atom stereocenters. The molecule has 0 saturated carbocycles. The molecule has 68 valence electrons. The highest BCUT2D eigenvalue weighted by Gasteiger charge is 2.23. The van der Waals surface area contributed by atoms with Crippen LogP contribution in [0.3, 0.4) is 0 Å². The lowest BCUT2D eigenvalue weighted by molar-refractivity contribution is 0.190. The lowest BCUT2D eigenvalue weighted by atomic mass is 10.0. The van der Waals surface area contributed by atoms with Gasteiger partial charge in [-0.1, -0.05) is 0 Å². The maximum atomic E-state index is 9.82. The lowest BCUT2D eigenvalue weighted by Crippen LogP contribution is -2.13. The van der Waals surface area contributed by atoms with Gasteiger partial charge in [0, 0.05) is 11.8 Å². The van der Waals surface area contributed by atoms with Crippen LogP contribution in [0.1, 0.15) is 25.5 Å². The second-order valence-electron chi connectivity index (χ2n) is 3.14. The van der Waals surface area contributed by atoms with E-state index < -0.39 is 6.10 Å². The fourth-order valence-corrected chi connectivity index (χ4v) is 1.35. The Morgan fingerprint density at radius 3 is 3.00 bits per heavy atom. The lowest BCUT2D eigenvalue weighted by Gasteiger charge is -2.22. The first-order chi connectivity index (χ1) is 6.20. The fourth-order valence-electron chi connectivity index (χ4n) is 1.35. The van der Waals surface area contributed by atoms with Gasteiger partial charge in [0.05, 0.1) is 0 Å². The van der Waals surface area contributed by atoms with Gasteiger partial charge in [0.1, 0.15) is 11.9 Å². The molecule has 0 aliphatic carbocycles. The van der Waals surface area contributed by atoms with Crippen LogP contribution in [0.25, 0.3) is 0 Å². The maximum absolute atomic E-state index is 9.82. The molecule has 2 heterocycles. The molecule has 3 nitrogen and oxygen atoms in total. The predicted molar refractivity (Wildman–Crippen MR) is 48.2 cm³/mol. The Labute approximate surface area is 76.7 Å². The molecule has 0 aromatic carbocycles. The normalized spacial score (nSPS) is 21.0. The van der Waals surface area contributed by atoms with Crippen molar-refractivity contribution in [1.82, 2.24) is 4.98 Å². The molecule has 1 aliphatic rings. The van der Waals surface area contributed by atoms with E-state index in [2.05, 4.69) is 4.98 Å². The maximum Gasteiger partial charge on any atom is 0.224 e. The van der Waals surface area contributed by atoms with Crippen molar-refractivity contribution >= 4 is 0 Å². The van der Waals surface area contributed by atoms with Crippen LogP contribution in [0.15, 0.2) is 29.7 Å². The molecule has 0 saturated heterocycles. The van der Waals surface area contributed by atoms with E-state index in [1.165, 1.54) is 0 Å². The standard InChI is InChI=1S/C10H11NO2/c1-6-7(2)13-10-8(9(6)12)4-3-5-11-10/h3-5,9,12H,1-2H3. The molecule has 0 bridgehead atoms. The van der Waals surface area contributed by atoms with Gasteiger partial charge in [0.2, 0.25) is 5.88 Å². The second-order valence-corrected chi connectivity index (χ2v) is 3.14. The molecule has 13 heavy (non-hydrogen) atoms. The quantitative estimate of drug-likeness (QED) is 0.657. The van der Waals surface area contributed by atoms with Crippen molar-refractivity contribution in [3.05, 3.63) is 35.2 Å². The first kappa shape index (κ1) is 8.26. The summed E-state index contributed by atoms with van der Waals surface area (Å²) in [6.45, 7) is 3.69. The topological polar surface area (TPSA) is 42.4 Å². The van der Waals surface area contributed by atoms with Gasteiger partial charge in [-0.15, -0.1) is 0 Å². The average molecular weight is 177 g/mol. The van der Waals surface area contributed by atoms with E-state index in [1.54, 1.807) is 12.3 Å². The van der Waals surface area contributed by atoms with Crippen LogP contribution < -0.4 is 4.74 Å². The van der Waals surface area contributed by atoms with Crippen molar-refractivity contribution in [3.63, 3.8) is 0 Å². The third kappa shape index (κ3) is 1.21. The summed E-state index contributed by atoms with van der Waals surface area (Å²) < 4.78 is 5.42. The summed E-state index contributed by atoms with van der Waals surface area (Å²) in [6, 6.07) is 3.61. The molecular formula is C10H11NO2. The van der Waals surface area contributed by atoms with Crippen molar-refractivity contribution in [2.24, 2.45) is 0 Å². The number of ether oxygens (including phenoxy) is 1. The smallest absolute Gasteiger partial charge is 0.224 e. The van der Waals surface area contributed by atoms with Crippen LogP contribution in [0, 0.1) is 0 Å². The number of hydrogen-bond donors (Lipinski definition) is 1. The molecule has 0 fully saturated rings. The van der Waals surface area contributed by atoms with E-state index >= 15 is 0 Å². The van der Waals surface area contributed by atoms with E-state index in [1.807, 2.05) is 19.9 Å². The van der Waals surface area contributed by atoms with Gasteiger partial charge in [0.15, 0.2) is 0 Å². The monoisotopic (exact) mass is 177 g/mol. The minimum Gasteiger partial charge on any atom is -0.443 e. The molecule has 0 radical (unpaired) electrons. The van der Waals surface area contributed by atoms with Gasteiger partial charge >= 0.3 is 0 Å². The van der Waals surface area contributed by atoms with E-state index in [0.29, 0.717) is 5.88 Å². The Balaban J connectivity index is 2.52. The SMILES string of the molecule is CC1=C(C)C(O)c2cccnc2O1. The summed E-state index contributed by atoms with van der Waals surface area (Å²) in [7, 11) is 0. The van der Waals surface area contributed by atoms with Crippen molar-refractivity contribution < 1.29 is 9.84 Å². The third-order valence-electron chi connectivity index (χ3n) is 2.31. The number of pyridine rings is 1. The van der Waals surface area contributed by atoms with Gasteiger partial charge in [-0.25, -0.2) is 4.98 Å². The highest BCUT2D eigenvalue weighted by Crippen LogP contribution is 2.34. The number of hydrogen-bond acceptors (Lipinski definition) is 3. The Hall–Kier alpha value is -1.35. The van der Waals surface area contributed by atoms with Crippen LogP contribution in [-0.2, 0) is 0 Å². The first-order valence-corrected chi connectivity index (χ1v) is 4.18. The fraction of sp³-hybridized carbons (Fsp3) is 0.300. The average Bonchev–Trinajstić information content (AvgIpc) is 2.15. The molecule has 1 N–H and O–H groups in total. The summed E-state index contributed by atoms with van der Waals surface area (Å²) in [5.41, 5.74) is 1.59. The van der Waals surface area contributed by atoms with Gasteiger partial charge in [-0.05, 0) is 31.6 Å². The largest absolute Gasteiger partial charge is 0.443 e. The number of rotatable bonds is 0. The molecular weight excluding hydrogens is 166 g/mol. The van der Waals surface area contributed by atoms with Gasteiger partial charge in [-0.2, -0.15) is 0 Å². The van der Waals surface area contributed by atoms with Gasteiger partial charge in [0.25, 0.3) is 0 Å². The Kier molecular flexibility index (Phi) is 1.81. The Bertz CT molecular complexity index is 371. The zero-order valence-corrected chi connectivity index (χ0v) is 7.61. The van der Waals surface area contributed by atoms with Crippen molar-refractivity contribution in [2.45, 2.75) is 20.0 Å². The number of nitrogens with zero attached hydrogens (tertiary/aromatic N) is 1. The Morgan fingerprint density at radius 1 is 1.46 bits per heavy atom. The van der Waals surface area contributed by atoms with Crippen LogP contribution in [0.4, 0.5) is 0 Å². The van der Waals surface area contributed by atoms with Crippen LogP contribution in [0.2, 0.25) is 0 Å². The third-order valence-corrected chi connectivity index (χ3v) is 2.31. The van der Waals surface area contributed by atoms with E-state index in [9.17, 15) is 5.11 Å². The number of allylic oxidation sites excluding steroid dienone is 1. The summed E-state index contributed by atoms with van der Waals surface area (Å²) in [5.74, 6) is 1.25. The molecule has 1 aromatic heterocycles. The summed E-state index contributed by atoms with van der Waals surface area (Å²) in [5, 5.41) is 9.82. The summed E-state index contributed by atoms with van der Waals surface area (Å²) in [4.78, 5) is 4.04. The van der Waals surface area contributed by atoms with Crippen molar-refractivity contribution in [3.8, 4) is 5.88 Å². The predicted octanol–water partition coefficient (Wildman–Crippen LogP) is 1.80. The highest BCUT2D eigenvalue weighted by molar-refractivity contribution is 5.38. The van der Waals surface area contributed by atoms with Crippen molar-refractivity contribution in [1.29, 1.82) is 0 Å².